The van der Waals surface area contributed by atoms with E-state index in [0.29, 0.717) is 29.8 Å². The number of hydrogen-bond donors (Lipinski definition) is 1. The van der Waals surface area contributed by atoms with E-state index in [9.17, 15) is 4.79 Å². The molecule has 1 aliphatic heterocycles. The van der Waals surface area contributed by atoms with Crippen LogP contribution >= 0.6 is 11.6 Å². The summed E-state index contributed by atoms with van der Waals surface area (Å²) in [5.74, 6) is 0.0436. The topological polar surface area (TPSA) is 73.1 Å². The molecule has 0 atom stereocenters. The Balaban J connectivity index is 1.60. The average Bonchev–Trinajstić information content (AvgIpc) is 3.19. The summed E-state index contributed by atoms with van der Waals surface area (Å²) in [6.45, 7) is 4.70. The number of hydrogen-bond acceptors (Lipinski definition) is 5. The fourth-order valence-electron chi connectivity index (χ4n) is 2.58. The monoisotopic (exact) mass is 362 g/mol. The summed E-state index contributed by atoms with van der Waals surface area (Å²) in [5.41, 5.74) is 4.41. The molecule has 1 aromatic carbocycles. The van der Waals surface area contributed by atoms with Crippen LogP contribution in [0, 0.1) is 6.92 Å². The largest absolute Gasteiger partial charge is 0.455 e. The Kier molecular flexibility index (Phi) is 5.22. The van der Waals surface area contributed by atoms with Crippen LogP contribution < -0.4 is 5.43 Å². The molecule has 0 unspecified atom stereocenters. The van der Waals surface area contributed by atoms with Crippen LogP contribution in [0.1, 0.15) is 24.7 Å². The van der Waals surface area contributed by atoms with Crippen molar-refractivity contribution in [1.82, 2.24) is 5.43 Å². The van der Waals surface area contributed by atoms with Gasteiger partial charge < -0.3 is 13.9 Å². The molecule has 6 nitrogen and oxygen atoms in total. The molecule has 0 spiro atoms. The van der Waals surface area contributed by atoms with Gasteiger partial charge in [0.15, 0.2) is 5.79 Å². The van der Waals surface area contributed by atoms with Crippen LogP contribution in [0.25, 0.3) is 11.3 Å². The van der Waals surface area contributed by atoms with Gasteiger partial charge in [-0.25, -0.2) is 5.43 Å². The molecule has 0 radical (unpaired) electrons. The summed E-state index contributed by atoms with van der Waals surface area (Å²) >= 11 is 6.04. The molecular weight excluding hydrogens is 344 g/mol. The number of aryl methyl sites for hydroxylation is 1. The molecule has 0 bridgehead atoms. The first kappa shape index (κ1) is 17.7. The van der Waals surface area contributed by atoms with Crippen molar-refractivity contribution in [3.05, 3.63) is 46.7 Å². The van der Waals surface area contributed by atoms with Crippen molar-refractivity contribution in [1.29, 1.82) is 0 Å². The molecule has 3 rings (SSSR count). The Morgan fingerprint density at radius 2 is 2.08 bits per heavy atom. The molecular formula is C18H19ClN2O4. The van der Waals surface area contributed by atoms with Crippen LogP contribution in [0.5, 0.6) is 0 Å². The minimum Gasteiger partial charge on any atom is -0.455 e. The number of benzene rings is 1. The molecule has 1 N–H and O–H groups in total. The molecule has 25 heavy (non-hydrogen) atoms. The zero-order valence-electron chi connectivity index (χ0n) is 14.0. The third-order valence-corrected chi connectivity index (χ3v) is 4.09. The first-order valence-corrected chi connectivity index (χ1v) is 8.29. The lowest BCUT2D eigenvalue weighted by Gasteiger charge is -2.20. The second-order valence-electron chi connectivity index (χ2n) is 5.96. The summed E-state index contributed by atoms with van der Waals surface area (Å²) < 4.78 is 16.5. The maximum Gasteiger partial charge on any atom is 0.245 e. The Morgan fingerprint density at radius 3 is 2.84 bits per heavy atom. The number of halogens is 1. The number of carbonyl (C=O) groups is 1. The highest BCUT2D eigenvalue weighted by atomic mass is 35.5. The Morgan fingerprint density at radius 1 is 1.32 bits per heavy atom. The number of hydrazone groups is 1. The molecule has 0 saturated carbocycles. The predicted molar refractivity (Wildman–Crippen MR) is 94.6 cm³/mol. The number of nitrogens with zero attached hydrogens (tertiary/aromatic N) is 1. The lowest BCUT2D eigenvalue weighted by atomic mass is 10.1. The molecule has 0 aliphatic carbocycles. The molecule has 7 heteroatoms. The van der Waals surface area contributed by atoms with Crippen LogP contribution in [0.3, 0.4) is 0 Å². The van der Waals surface area contributed by atoms with E-state index in [1.807, 2.05) is 31.2 Å². The molecule has 1 amide bonds. The standard InChI is InChI=1S/C18H19ClN2O4/c1-12-3-4-13(19)9-15(12)16-6-5-14(25-16)11-20-21-17(22)10-18(2)23-7-8-24-18/h3-6,9,11H,7-8,10H2,1-2H3,(H,21,22)/b20-11-. The van der Waals surface area contributed by atoms with Gasteiger partial charge in [0.05, 0.1) is 25.8 Å². The number of furan rings is 1. The highest BCUT2D eigenvalue weighted by Crippen LogP contribution is 2.28. The van der Waals surface area contributed by atoms with Crippen molar-refractivity contribution in [3.8, 4) is 11.3 Å². The van der Waals surface area contributed by atoms with Crippen molar-refractivity contribution >= 4 is 23.7 Å². The molecule has 2 aromatic rings. The smallest absolute Gasteiger partial charge is 0.245 e. The Labute approximate surface area is 150 Å². The van der Waals surface area contributed by atoms with E-state index in [2.05, 4.69) is 10.5 Å². The van der Waals surface area contributed by atoms with E-state index >= 15 is 0 Å². The van der Waals surface area contributed by atoms with Crippen molar-refractivity contribution < 1.29 is 18.7 Å². The van der Waals surface area contributed by atoms with Gasteiger partial charge in [0.1, 0.15) is 11.5 Å². The number of ether oxygens (including phenoxy) is 2. The summed E-state index contributed by atoms with van der Waals surface area (Å²) in [6.07, 6.45) is 1.52. The fraction of sp³-hybridized carbons (Fsp3) is 0.333. The van der Waals surface area contributed by atoms with Crippen molar-refractivity contribution in [2.75, 3.05) is 13.2 Å². The van der Waals surface area contributed by atoms with Crippen LogP contribution in [-0.2, 0) is 14.3 Å². The maximum absolute atomic E-state index is 11.9. The predicted octanol–water partition coefficient (Wildman–Crippen LogP) is 3.51. The summed E-state index contributed by atoms with van der Waals surface area (Å²) in [6, 6.07) is 9.22. The summed E-state index contributed by atoms with van der Waals surface area (Å²) in [4.78, 5) is 11.9. The second kappa shape index (κ2) is 7.39. The van der Waals surface area contributed by atoms with Gasteiger partial charge in [-0.2, -0.15) is 5.10 Å². The first-order chi connectivity index (χ1) is 12.0. The van der Waals surface area contributed by atoms with Gasteiger partial charge in [-0.05, 0) is 43.7 Å². The highest BCUT2D eigenvalue weighted by Gasteiger charge is 2.33. The molecule has 1 saturated heterocycles. The zero-order chi connectivity index (χ0) is 17.9. The molecule has 1 aliphatic rings. The number of rotatable bonds is 5. The van der Waals surface area contributed by atoms with Crippen molar-refractivity contribution in [3.63, 3.8) is 0 Å². The van der Waals surface area contributed by atoms with E-state index in [4.69, 9.17) is 25.5 Å². The van der Waals surface area contributed by atoms with Gasteiger partial charge in [0.25, 0.3) is 0 Å². The lowest BCUT2D eigenvalue weighted by Crippen LogP contribution is -2.33. The molecule has 1 aromatic heterocycles. The first-order valence-electron chi connectivity index (χ1n) is 7.91. The Hall–Kier alpha value is -2.15. The number of carbonyl (C=O) groups excluding carboxylic acids is 1. The second-order valence-corrected chi connectivity index (χ2v) is 6.40. The minimum absolute atomic E-state index is 0.0788. The van der Waals surface area contributed by atoms with Gasteiger partial charge in [0, 0.05) is 10.6 Å². The third-order valence-electron chi connectivity index (χ3n) is 3.85. The number of amides is 1. The van der Waals surface area contributed by atoms with Crippen molar-refractivity contribution in [2.45, 2.75) is 26.1 Å². The van der Waals surface area contributed by atoms with Crippen LogP contribution in [0.2, 0.25) is 5.02 Å². The van der Waals surface area contributed by atoms with Gasteiger partial charge >= 0.3 is 0 Å². The van der Waals surface area contributed by atoms with Crippen molar-refractivity contribution in [2.24, 2.45) is 5.10 Å². The summed E-state index contributed by atoms with van der Waals surface area (Å²) in [7, 11) is 0. The minimum atomic E-state index is -0.873. The van der Waals surface area contributed by atoms with E-state index < -0.39 is 5.79 Å². The van der Waals surface area contributed by atoms with Crippen LogP contribution in [0.4, 0.5) is 0 Å². The van der Waals surface area contributed by atoms with Gasteiger partial charge in [-0.15, -0.1) is 0 Å². The average molecular weight is 363 g/mol. The van der Waals surface area contributed by atoms with Gasteiger partial charge in [-0.1, -0.05) is 17.7 Å². The van der Waals surface area contributed by atoms with Gasteiger partial charge in [0.2, 0.25) is 5.91 Å². The Bertz CT molecular complexity index is 794. The quantitative estimate of drug-likeness (QED) is 0.652. The van der Waals surface area contributed by atoms with Crippen LogP contribution in [0.15, 0.2) is 39.9 Å². The van der Waals surface area contributed by atoms with E-state index in [-0.39, 0.29) is 12.3 Å². The van der Waals surface area contributed by atoms with E-state index in [0.717, 1.165) is 11.1 Å². The normalized spacial score (nSPS) is 16.4. The fourth-order valence-corrected chi connectivity index (χ4v) is 2.76. The highest BCUT2D eigenvalue weighted by molar-refractivity contribution is 6.30. The van der Waals surface area contributed by atoms with E-state index in [1.54, 1.807) is 13.0 Å². The van der Waals surface area contributed by atoms with Crippen LogP contribution in [-0.4, -0.2) is 31.1 Å². The molecule has 2 heterocycles. The number of nitrogens with one attached hydrogen (secondary N) is 1. The molecule has 132 valence electrons. The van der Waals surface area contributed by atoms with E-state index in [1.165, 1.54) is 6.21 Å². The molecule has 1 fully saturated rings. The SMILES string of the molecule is Cc1ccc(Cl)cc1-c1ccc(/C=N\NC(=O)CC2(C)OCCO2)o1. The third kappa shape index (κ3) is 4.48. The lowest BCUT2D eigenvalue weighted by molar-refractivity contribution is -0.159. The summed E-state index contributed by atoms with van der Waals surface area (Å²) in [5, 5.41) is 4.55. The zero-order valence-corrected chi connectivity index (χ0v) is 14.8. The maximum atomic E-state index is 11.9. The van der Waals surface area contributed by atoms with Gasteiger partial charge in [-0.3, -0.25) is 4.79 Å².